The SMILES string of the molecule is C[C@H]1C[C@@]2(CCN(c3nc(OC[C@@]45CCCN4C[C@H](F)C5)nc4c(F)c(-c5ccc(F)c6sc(N)c(C#N)c56)c(Cl)cc34)C2)N1C(=O)n1cnc(Cl)n1. The Morgan fingerprint density at radius 2 is 2.04 bits per heavy atom. The van der Waals surface area contributed by atoms with E-state index < -0.39 is 28.9 Å². The van der Waals surface area contributed by atoms with E-state index in [2.05, 4.69) is 20.0 Å². The molecule has 274 valence electrons. The van der Waals surface area contributed by atoms with E-state index in [1.165, 1.54) is 18.5 Å². The van der Waals surface area contributed by atoms with Gasteiger partial charge in [-0.25, -0.2) is 22.9 Å². The third kappa shape index (κ3) is 5.22. The summed E-state index contributed by atoms with van der Waals surface area (Å²) in [5.74, 6) is -1.07. The van der Waals surface area contributed by atoms with E-state index in [0.29, 0.717) is 50.1 Å². The number of benzene rings is 2. The van der Waals surface area contributed by atoms with Gasteiger partial charge in [-0.3, -0.25) is 4.90 Å². The minimum atomic E-state index is -0.976. The number of nitriles is 1. The second kappa shape index (κ2) is 12.3. The number of rotatable bonds is 5. The number of halogens is 5. The molecule has 1 spiro atoms. The van der Waals surface area contributed by atoms with E-state index in [-0.39, 0.29) is 72.3 Å². The average Bonchev–Trinajstić information content (AvgIpc) is 3.94. The van der Waals surface area contributed by atoms with Gasteiger partial charge in [0, 0.05) is 48.4 Å². The van der Waals surface area contributed by atoms with Crippen molar-refractivity contribution < 1.29 is 22.7 Å². The largest absolute Gasteiger partial charge is 0.461 e. The number of nitrogens with two attached hydrogens (primary N) is 1. The number of carbonyl (C=O) groups is 1. The predicted octanol–water partition coefficient (Wildman–Crippen LogP) is 6.81. The van der Waals surface area contributed by atoms with Crippen molar-refractivity contribution in [2.75, 3.05) is 43.4 Å². The topological polar surface area (TPSA) is 142 Å². The molecule has 5 aromatic rings. The van der Waals surface area contributed by atoms with E-state index in [4.69, 9.17) is 38.7 Å². The van der Waals surface area contributed by atoms with Crippen molar-refractivity contribution in [3.8, 4) is 23.2 Å². The second-order valence-electron chi connectivity index (χ2n) is 14.4. The number of alkyl halides is 1. The molecular weight excluding hydrogens is 752 g/mol. The Bertz CT molecular complexity index is 2410. The Kier molecular flexibility index (Phi) is 7.97. The van der Waals surface area contributed by atoms with Crippen molar-refractivity contribution in [2.24, 2.45) is 0 Å². The molecule has 0 saturated carbocycles. The number of carbonyl (C=O) groups excluding carboxylic acids is 1. The third-order valence-corrected chi connectivity index (χ3v) is 12.9. The first-order valence-electron chi connectivity index (χ1n) is 17.2. The Balaban J connectivity index is 1.16. The molecule has 2 N–H and O–H groups in total. The molecule has 1 amide bonds. The molecule has 53 heavy (non-hydrogen) atoms. The first-order chi connectivity index (χ1) is 25.4. The molecule has 3 aromatic heterocycles. The highest BCUT2D eigenvalue weighted by Crippen LogP contribution is 2.49. The summed E-state index contributed by atoms with van der Waals surface area (Å²) in [6.45, 7) is 3.98. The number of fused-ring (bicyclic) bond motifs is 3. The maximum Gasteiger partial charge on any atom is 0.346 e. The summed E-state index contributed by atoms with van der Waals surface area (Å²) in [5.41, 5.74) is 5.02. The first-order valence-corrected chi connectivity index (χ1v) is 18.8. The minimum absolute atomic E-state index is 0.0124. The Labute approximate surface area is 314 Å². The standard InChI is InChI=1S/C35H31Cl2F3N10O2S/c1-17-10-34(50(17)33(51)49-16-43-31(37)46-49)6-8-47(14-34)30-20-9-22(36)25(19-3-4-23(39)28-24(19)21(12-41)29(42)53-28)26(40)27(20)44-32(45-30)52-15-35-5-2-7-48(35)13-18(38)11-35/h3-4,9,16-18H,2,5-8,10-11,13-15,42H2,1H3/t17-,18+,34+,35-/m0/s1. The van der Waals surface area contributed by atoms with Gasteiger partial charge < -0.3 is 20.3 Å². The molecule has 0 aliphatic carbocycles. The lowest BCUT2D eigenvalue weighted by Gasteiger charge is -2.55. The van der Waals surface area contributed by atoms with Gasteiger partial charge >= 0.3 is 12.0 Å². The lowest BCUT2D eigenvalue weighted by Crippen LogP contribution is -2.68. The van der Waals surface area contributed by atoms with Crippen LogP contribution in [-0.2, 0) is 0 Å². The number of nitrogens with zero attached hydrogens (tertiary/aromatic N) is 9. The van der Waals surface area contributed by atoms with Crippen LogP contribution in [0.1, 0.15) is 44.6 Å². The molecule has 4 atom stereocenters. The van der Waals surface area contributed by atoms with Crippen molar-refractivity contribution in [2.45, 2.75) is 62.3 Å². The van der Waals surface area contributed by atoms with Crippen molar-refractivity contribution >= 4 is 72.4 Å². The lowest BCUT2D eigenvalue weighted by molar-refractivity contribution is -0.0104. The molecule has 4 saturated heterocycles. The number of hydrogen-bond donors (Lipinski definition) is 1. The number of amides is 1. The number of nitrogen functional groups attached to an aromatic ring is 1. The summed E-state index contributed by atoms with van der Waals surface area (Å²) < 4.78 is 54.3. The van der Waals surface area contributed by atoms with Gasteiger partial charge in [0.15, 0.2) is 5.82 Å². The monoisotopic (exact) mass is 782 g/mol. The van der Waals surface area contributed by atoms with Crippen LogP contribution in [0, 0.1) is 23.0 Å². The fraction of sp³-hybridized carbons (Fsp3) is 0.429. The summed E-state index contributed by atoms with van der Waals surface area (Å²) in [5, 5.41) is 14.4. The Morgan fingerprint density at radius 3 is 2.79 bits per heavy atom. The lowest BCUT2D eigenvalue weighted by atomic mass is 9.78. The highest BCUT2D eigenvalue weighted by molar-refractivity contribution is 7.23. The number of thiophene rings is 1. The van der Waals surface area contributed by atoms with Crippen LogP contribution in [0.15, 0.2) is 24.5 Å². The molecule has 7 heterocycles. The average molecular weight is 784 g/mol. The summed E-state index contributed by atoms with van der Waals surface area (Å²) in [4.78, 5) is 32.7. The summed E-state index contributed by atoms with van der Waals surface area (Å²) >= 11 is 13.7. The Hall–Kier alpha value is -4.43. The number of likely N-dealkylation sites (tertiary alicyclic amines) is 1. The number of hydrogen-bond acceptors (Lipinski definition) is 11. The molecule has 4 aliphatic rings. The zero-order valence-electron chi connectivity index (χ0n) is 28.3. The van der Waals surface area contributed by atoms with Crippen molar-refractivity contribution in [1.82, 2.24) is 34.5 Å². The van der Waals surface area contributed by atoms with Gasteiger partial charge in [0.1, 0.15) is 47.3 Å². The predicted molar refractivity (Wildman–Crippen MR) is 194 cm³/mol. The van der Waals surface area contributed by atoms with Crippen LogP contribution >= 0.6 is 34.5 Å². The molecule has 9 rings (SSSR count). The fourth-order valence-corrected chi connectivity index (χ4v) is 10.6. The van der Waals surface area contributed by atoms with Crippen LogP contribution in [0.5, 0.6) is 6.01 Å². The zero-order chi connectivity index (χ0) is 37.0. The molecule has 12 nitrogen and oxygen atoms in total. The number of aromatic nitrogens is 5. The fourth-order valence-electron chi connectivity index (χ4n) is 9.20. The quantitative estimate of drug-likeness (QED) is 0.202. The smallest absolute Gasteiger partial charge is 0.346 e. The molecule has 2 aromatic carbocycles. The van der Waals surface area contributed by atoms with Gasteiger partial charge in [-0.15, -0.1) is 16.4 Å². The van der Waals surface area contributed by atoms with Gasteiger partial charge in [0.05, 0.1) is 26.4 Å². The normalized spacial score (nSPS) is 25.5. The van der Waals surface area contributed by atoms with Crippen LogP contribution in [0.3, 0.4) is 0 Å². The highest BCUT2D eigenvalue weighted by Gasteiger charge is 2.56. The summed E-state index contributed by atoms with van der Waals surface area (Å²) in [6.07, 6.45) is 3.57. The highest BCUT2D eigenvalue weighted by atomic mass is 35.5. The molecule has 4 aliphatic heterocycles. The van der Waals surface area contributed by atoms with Gasteiger partial charge in [-0.2, -0.15) is 19.9 Å². The number of ether oxygens (including phenoxy) is 1. The number of anilines is 2. The van der Waals surface area contributed by atoms with E-state index in [1.807, 2.05) is 17.9 Å². The maximum absolute atomic E-state index is 17.2. The van der Waals surface area contributed by atoms with E-state index in [9.17, 15) is 18.8 Å². The summed E-state index contributed by atoms with van der Waals surface area (Å²) in [7, 11) is 0. The van der Waals surface area contributed by atoms with Gasteiger partial charge in [0.2, 0.25) is 5.28 Å². The zero-order valence-corrected chi connectivity index (χ0v) is 30.6. The van der Waals surface area contributed by atoms with Crippen LogP contribution in [0.25, 0.3) is 32.1 Å². The van der Waals surface area contributed by atoms with Crippen molar-refractivity contribution in [3.05, 3.63) is 52.0 Å². The maximum atomic E-state index is 17.2. The molecule has 0 bridgehead atoms. The second-order valence-corrected chi connectivity index (χ2v) is 16.2. The molecular formula is C35H31Cl2F3N10O2S. The van der Waals surface area contributed by atoms with Crippen LogP contribution in [0.4, 0.5) is 28.8 Å². The Morgan fingerprint density at radius 1 is 1.21 bits per heavy atom. The van der Waals surface area contributed by atoms with E-state index in [1.54, 1.807) is 11.0 Å². The van der Waals surface area contributed by atoms with E-state index in [0.717, 1.165) is 35.4 Å². The first kappa shape index (κ1) is 34.3. The summed E-state index contributed by atoms with van der Waals surface area (Å²) in [6, 6.07) is 5.59. The minimum Gasteiger partial charge on any atom is -0.461 e. The third-order valence-electron chi connectivity index (χ3n) is 11.4. The molecule has 18 heteroatoms. The molecule has 0 radical (unpaired) electrons. The molecule has 4 fully saturated rings. The molecule has 0 unspecified atom stereocenters. The van der Waals surface area contributed by atoms with Gasteiger partial charge in [-0.1, -0.05) is 17.7 Å². The van der Waals surface area contributed by atoms with Crippen LogP contribution < -0.4 is 15.4 Å². The van der Waals surface area contributed by atoms with Crippen LogP contribution in [-0.4, -0.2) is 96.6 Å². The van der Waals surface area contributed by atoms with E-state index >= 15 is 4.39 Å². The van der Waals surface area contributed by atoms with Gasteiger partial charge in [-0.05, 0) is 68.4 Å². The van der Waals surface area contributed by atoms with Crippen molar-refractivity contribution in [1.29, 1.82) is 5.26 Å². The van der Waals surface area contributed by atoms with Crippen LogP contribution in [0.2, 0.25) is 10.3 Å². The van der Waals surface area contributed by atoms with Gasteiger partial charge in [0.25, 0.3) is 0 Å². The van der Waals surface area contributed by atoms with Crippen molar-refractivity contribution in [3.63, 3.8) is 0 Å².